The summed E-state index contributed by atoms with van der Waals surface area (Å²) in [6.45, 7) is 4.67. The molecule has 1 aliphatic rings. The Morgan fingerprint density at radius 3 is 2.68 bits per heavy atom. The van der Waals surface area contributed by atoms with Crippen molar-refractivity contribution in [3.63, 3.8) is 0 Å². The predicted molar refractivity (Wildman–Crippen MR) is 87.0 cm³/mol. The minimum absolute atomic E-state index is 0.0484. The summed E-state index contributed by atoms with van der Waals surface area (Å²) in [5.41, 5.74) is 1.03. The SMILES string of the molecule is CC(C)OCCS(=O)(=O)N1CCCCC[C@H]1c1ccncc1. The predicted octanol–water partition coefficient (Wildman–Crippen LogP) is 2.75. The van der Waals surface area contributed by atoms with E-state index in [-0.39, 0.29) is 24.5 Å². The van der Waals surface area contributed by atoms with E-state index in [0.717, 1.165) is 31.2 Å². The van der Waals surface area contributed by atoms with Crippen molar-refractivity contribution >= 4 is 10.0 Å². The van der Waals surface area contributed by atoms with Crippen LogP contribution in [0, 0.1) is 0 Å². The third kappa shape index (κ3) is 4.76. The first kappa shape index (κ1) is 17.4. The van der Waals surface area contributed by atoms with E-state index >= 15 is 0 Å². The molecule has 1 aromatic rings. The summed E-state index contributed by atoms with van der Waals surface area (Å²) in [4.78, 5) is 4.03. The van der Waals surface area contributed by atoms with Crippen LogP contribution in [0.1, 0.15) is 51.1 Å². The van der Waals surface area contributed by atoms with Crippen LogP contribution in [0.25, 0.3) is 0 Å². The van der Waals surface area contributed by atoms with E-state index in [1.54, 1.807) is 16.7 Å². The van der Waals surface area contributed by atoms with E-state index in [9.17, 15) is 8.42 Å². The highest BCUT2D eigenvalue weighted by atomic mass is 32.2. The summed E-state index contributed by atoms with van der Waals surface area (Å²) in [5, 5.41) is 0. The van der Waals surface area contributed by atoms with Gasteiger partial charge in [0.15, 0.2) is 0 Å². The molecule has 5 nitrogen and oxygen atoms in total. The lowest BCUT2D eigenvalue weighted by atomic mass is 10.0. The number of hydrogen-bond donors (Lipinski definition) is 0. The van der Waals surface area contributed by atoms with Crippen molar-refractivity contribution in [2.24, 2.45) is 0 Å². The van der Waals surface area contributed by atoms with Gasteiger partial charge in [-0.2, -0.15) is 4.31 Å². The van der Waals surface area contributed by atoms with Crippen LogP contribution < -0.4 is 0 Å². The van der Waals surface area contributed by atoms with Crippen molar-refractivity contribution in [3.05, 3.63) is 30.1 Å². The van der Waals surface area contributed by atoms with E-state index in [1.807, 2.05) is 26.0 Å². The molecule has 1 fully saturated rings. The molecule has 1 atom stereocenters. The number of rotatable bonds is 6. The lowest BCUT2D eigenvalue weighted by Gasteiger charge is -2.29. The first-order valence-electron chi connectivity index (χ1n) is 8.02. The van der Waals surface area contributed by atoms with Gasteiger partial charge in [0.2, 0.25) is 10.0 Å². The molecule has 0 unspecified atom stereocenters. The van der Waals surface area contributed by atoms with Gasteiger partial charge in [-0.05, 0) is 44.4 Å². The maximum atomic E-state index is 12.7. The van der Waals surface area contributed by atoms with Crippen LogP contribution in [0.2, 0.25) is 0 Å². The molecule has 0 aromatic carbocycles. The lowest BCUT2D eigenvalue weighted by Crippen LogP contribution is -2.37. The molecule has 22 heavy (non-hydrogen) atoms. The summed E-state index contributed by atoms with van der Waals surface area (Å²) < 4.78 is 32.6. The fourth-order valence-electron chi connectivity index (χ4n) is 2.84. The van der Waals surface area contributed by atoms with Gasteiger partial charge >= 0.3 is 0 Å². The number of nitrogens with zero attached hydrogens (tertiary/aromatic N) is 2. The monoisotopic (exact) mass is 326 g/mol. The molecule has 6 heteroatoms. The van der Waals surface area contributed by atoms with Crippen LogP contribution in [0.15, 0.2) is 24.5 Å². The second kappa shape index (κ2) is 8.04. The molecule has 1 aromatic heterocycles. The van der Waals surface area contributed by atoms with E-state index in [1.165, 1.54) is 0 Å². The van der Waals surface area contributed by atoms with Crippen molar-refractivity contribution < 1.29 is 13.2 Å². The van der Waals surface area contributed by atoms with Gasteiger partial charge < -0.3 is 4.74 Å². The van der Waals surface area contributed by atoms with Crippen LogP contribution in [0.3, 0.4) is 0 Å². The summed E-state index contributed by atoms with van der Waals surface area (Å²) in [6, 6.07) is 3.77. The molecular formula is C16H26N2O3S. The van der Waals surface area contributed by atoms with Crippen LogP contribution in [0.5, 0.6) is 0 Å². The molecule has 2 rings (SSSR count). The molecule has 0 bridgehead atoms. The molecule has 0 N–H and O–H groups in total. The van der Waals surface area contributed by atoms with E-state index < -0.39 is 10.0 Å². The molecule has 1 saturated heterocycles. The molecule has 124 valence electrons. The fraction of sp³-hybridized carbons (Fsp3) is 0.688. The zero-order valence-electron chi connectivity index (χ0n) is 13.4. The Morgan fingerprint density at radius 1 is 1.27 bits per heavy atom. The Labute approximate surface area is 133 Å². The average molecular weight is 326 g/mol. The summed E-state index contributed by atoms with van der Waals surface area (Å²) in [6.07, 6.45) is 7.44. The van der Waals surface area contributed by atoms with Crippen LogP contribution >= 0.6 is 0 Å². The second-order valence-corrected chi connectivity index (χ2v) is 8.03. The highest BCUT2D eigenvalue weighted by Gasteiger charge is 2.31. The van der Waals surface area contributed by atoms with E-state index in [4.69, 9.17) is 4.74 Å². The van der Waals surface area contributed by atoms with Crippen molar-refractivity contribution in [1.29, 1.82) is 0 Å². The Morgan fingerprint density at radius 2 is 2.00 bits per heavy atom. The molecule has 0 aliphatic carbocycles. The maximum absolute atomic E-state index is 12.7. The van der Waals surface area contributed by atoms with Gasteiger partial charge in [-0.1, -0.05) is 12.8 Å². The maximum Gasteiger partial charge on any atom is 0.216 e. The highest BCUT2D eigenvalue weighted by molar-refractivity contribution is 7.89. The number of aromatic nitrogens is 1. The first-order valence-corrected chi connectivity index (χ1v) is 9.62. The molecule has 1 aliphatic heterocycles. The number of hydrogen-bond acceptors (Lipinski definition) is 4. The summed E-state index contributed by atoms with van der Waals surface area (Å²) in [5.74, 6) is 0.0484. The quantitative estimate of drug-likeness (QED) is 0.806. The molecule has 2 heterocycles. The third-order valence-electron chi connectivity index (χ3n) is 3.94. The summed E-state index contributed by atoms with van der Waals surface area (Å²) >= 11 is 0. The normalized spacial score (nSPS) is 21.0. The van der Waals surface area contributed by atoms with Gasteiger partial charge in [0, 0.05) is 25.0 Å². The van der Waals surface area contributed by atoms with Gasteiger partial charge in [-0.25, -0.2) is 8.42 Å². The average Bonchev–Trinajstić information content (AvgIpc) is 2.74. The van der Waals surface area contributed by atoms with Gasteiger partial charge in [-0.15, -0.1) is 0 Å². The second-order valence-electron chi connectivity index (χ2n) is 5.99. The standard InChI is InChI=1S/C16H26N2O3S/c1-14(2)21-12-13-22(19,20)18-11-5-3-4-6-16(18)15-7-9-17-10-8-15/h7-10,14,16H,3-6,11-13H2,1-2H3/t16-/m0/s1. The van der Waals surface area contributed by atoms with Crippen LogP contribution in [-0.4, -0.2) is 42.7 Å². The molecule has 0 amide bonds. The van der Waals surface area contributed by atoms with E-state index in [0.29, 0.717) is 6.54 Å². The number of pyridine rings is 1. The van der Waals surface area contributed by atoms with Crippen LogP contribution in [0.4, 0.5) is 0 Å². The van der Waals surface area contributed by atoms with Crippen LogP contribution in [-0.2, 0) is 14.8 Å². The Bertz CT molecular complexity index is 546. The van der Waals surface area contributed by atoms with Gasteiger partial charge in [0.1, 0.15) is 0 Å². The van der Waals surface area contributed by atoms with Gasteiger partial charge in [-0.3, -0.25) is 4.98 Å². The van der Waals surface area contributed by atoms with E-state index in [2.05, 4.69) is 4.98 Å². The molecule has 0 spiro atoms. The lowest BCUT2D eigenvalue weighted by molar-refractivity contribution is 0.0904. The zero-order chi connectivity index (χ0) is 16.0. The highest BCUT2D eigenvalue weighted by Crippen LogP contribution is 2.32. The third-order valence-corrected chi connectivity index (χ3v) is 5.78. The van der Waals surface area contributed by atoms with Gasteiger partial charge in [0.25, 0.3) is 0 Å². The molecule has 0 saturated carbocycles. The summed E-state index contributed by atoms with van der Waals surface area (Å²) in [7, 11) is -3.31. The van der Waals surface area contributed by atoms with Crippen molar-refractivity contribution in [2.45, 2.75) is 51.7 Å². The molecular weight excluding hydrogens is 300 g/mol. The first-order chi connectivity index (χ1) is 10.5. The largest absolute Gasteiger partial charge is 0.378 e. The number of ether oxygens (including phenoxy) is 1. The minimum Gasteiger partial charge on any atom is -0.378 e. The van der Waals surface area contributed by atoms with Crippen molar-refractivity contribution in [2.75, 3.05) is 18.9 Å². The smallest absolute Gasteiger partial charge is 0.216 e. The molecule has 0 radical (unpaired) electrons. The Balaban J connectivity index is 2.16. The Kier molecular flexibility index (Phi) is 6.35. The Hall–Kier alpha value is -0.980. The van der Waals surface area contributed by atoms with Crippen molar-refractivity contribution in [1.82, 2.24) is 9.29 Å². The topological polar surface area (TPSA) is 59.5 Å². The number of sulfonamides is 1. The minimum atomic E-state index is -3.31. The zero-order valence-corrected chi connectivity index (χ0v) is 14.3. The van der Waals surface area contributed by atoms with Crippen molar-refractivity contribution in [3.8, 4) is 0 Å². The van der Waals surface area contributed by atoms with Gasteiger partial charge in [0.05, 0.1) is 18.5 Å². The fourth-order valence-corrected chi connectivity index (χ4v) is 4.40.